The Labute approximate surface area is 109 Å². The Hall–Kier alpha value is -1.51. The number of hydrogen-bond acceptors (Lipinski definition) is 2. The Bertz CT molecular complexity index is 436. The molecule has 0 bridgehead atoms. The molecule has 98 valence electrons. The Morgan fingerprint density at radius 3 is 2.44 bits per heavy atom. The number of rotatable bonds is 2. The highest BCUT2D eigenvalue weighted by Crippen LogP contribution is 2.29. The molecule has 0 aliphatic carbocycles. The lowest BCUT2D eigenvalue weighted by atomic mass is 9.83. The molecule has 0 spiro atoms. The second-order valence-electron chi connectivity index (χ2n) is 5.74. The van der Waals surface area contributed by atoms with Crippen LogP contribution in [0.25, 0.3) is 0 Å². The fraction of sp³-hybridized carbons (Fsp3) is 0.533. The van der Waals surface area contributed by atoms with Crippen LogP contribution in [0.2, 0.25) is 0 Å². The van der Waals surface area contributed by atoms with Crippen molar-refractivity contribution in [3.8, 4) is 0 Å². The highest BCUT2D eigenvalue weighted by atomic mass is 16.2. The van der Waals surface area contributed by atoms with Crippen molar-refractivity contribution in [2.45, 2.75) is 45.1 Å². The zero-order chi connectivity index (χ0) is 13.3. The summed E-state index contributed by atoms with van der Waals surface area (Å²) in [7, 11) is 0. The maximum absolute atomic E-state index is 12.7. The van der Waals surface area contributed by atoms with Gasteiger partial charge in [-0.25, -0.2) is 0 Å². The monoisotopic (exact) mass is 246 g/mol. The van der Waals surface area contributed by atoms with Gasteiger partial charge in [-0.15, -0.1) is 0 Å². The topological polar surface area (TPSA) is 46.3 Å². The Morgan fingerprint density at radius 1 is 1.33 bits per heavy atom. The molecule has 3 heteroatoms. The van der Waals surface area contributed by atoms with Crippen LogP contribution >= 0.6 is 0 Å². The normalized spacial score (nSPS) is 20.2. The first-order valence-electron chi connectivity index (χ1n) is 6.60. The standard InChI is InChI=1S/C15H22N2O/c1-11-5-4-10-17(11)14(18)15(2,3)12-6-8-13(16)9-7-12/h6-9,11H,4-5,10,16H2,1-3H3. The van der Waals surface area contributed by atoms with Gasteiger partial charge in [0.15, 0.2) is 0 Å². The SMILES string of the molecule is CC1CCCN1C(=O)C(C)(C)c1ccc(N)cc1. The van der Waals surface area contributed by atoms with E-state index in [0.29, 0.717) is 6.04 Å². The molecule has 1 aromatic carbocycles. The first-order chi connectivity index (χ1) is 8.43. The molecule has 1 heterocycles. The lowest BCUT2D eigenvalue weighted by Gasteiger charge is -2.32. The molecular formula is C15H22N2O. The van der Waals surface area contributed by atoms with E-state index in [2.05, 4.69) is 6.92 Å². The molecule has 1 aliphatic rings. The Balaban J connectivity index is 2.24. The molecule has 1 fully saturated rings. The van der Waals surface area contributed by atoms with Crippen LogP contribution in [0, 0.1) is 0 Å². The van der Waals surface area contributed by atoms with Gasteiger partial charge in [0.05, 0.1) is 5.41 Å². The minimum atomic E-state index is -0.480. The van der Waals surface area contributed by atoms with Gasteiger partial charge in [0.1, 0.15) is 0 Å². The van der Waals surface area contributed by atoms with Crippen LogP contribution in [0.15, 0.2) is 24.3 Å². The van der Waals surface area contributed by atoms with Gasteiger partial charge in [-0.3, -0.25) is 4.79 Å². The third-order valence-corrected chi connectivity index (χ3v) is 3.98. The molecule has 1 saturated heterocycles. The molecule has 0 radical (unpaired) electrons. The van der Waals surface area contributed by atoms with Crippen LogP contribution in [0.4, 0.5) is 5.69 Å². The third kappa shape index (κ3) is 2.22. The Kier molecular flexibility index (Phi) is 3.33. The van der Waals surface area contributed by atoms with Crippen LogP contribution in [0.1, 0.15) is 39.2 Å². The summed E-state index contributed by atoms with van der Waals surface area (Å²) in [5, 5.41) is 0. The van der Waals surface area contributed by atoms with E-state index in [1.54, 1.807) is 0 Å². The van der Waals surface area contributed by atoms with Gasteiger partial charge in [0, 0.05) is 18.3 Å². The van der Waals surface area contributed by atoms with Crippen LogP contribution in [0.5, 0.6) is 0 Å². The maximum atomic E-state index is 12.7. The van der Waals surface area contributed by atoms with Crippen molar-refractivity contribution in [1.82, 2.24) is 4.90 Å². The summed E-state index contributed by atoms with van der Waals surface area (Å²) in [6, 6.07) is 7.99. The van der Waals surface area contributed by atoms with Gasteiger partial charge >= 0.3 is 0 Å². The van der Waals surface area contributed by atoms with Crippen molar-refractivity contribution in [3.63, 3.8) is 0 Å². The number of likely N-dealkylation sites (tertiary alicyclic amines) is 1. The molecule has 0 saturated carbocycles. The Morgan fingerprint density at radius 2 is 1.94 bits per heavy atom. The average molecular weight is 246 g/mol. The van der Waals surface area contributed by atoms with E-state index in [9.17, 15) is 4.79 Å². The molecule has 18 heavy (non-hydrogen) atoms. The predicted octanol–water partition coefficient (Wildman–Crippen LogP) is 2.56. The zero-order valence-corrected chi connectivity index (χ0v) is 11.4. The quantitative estimate of drug-likeness (QED) is 0.815. The van der Waals surface area contributed by atoms with Crippen molar-refractivity contribution >= 4 is 11.6 Å². The van der Waals surface area contributed by atoms with E-state index in [1.165, 1.54) is 0 Å². The van der Waals surface area contributed by atoms with E-state index in [0.717, 1.165) is 30.6 Å². The maximum Gasteiger partial charge on any atom is 0.232 e. The average Bonchev–Trinajstić information content (AvgIpc) is 2.75. The zero-order valence-electron chi connectivity index (χ0n) is 11.4. The number of hydrogen-bond donors (Lipinski definition) is 1. The second kappa shape index (κ2) is 4.63. The van der Waals surface area contributed by atoms with Gasteiger partial charge in [-0.2, -0.15) is 0 Å². The number of nitrogens with two attached hydrogens (primary N) is 1. The van der Waals surface area contributed by atoms with Gasteiger partial charge in [-0.1, -0.05) is 12.1 Å². The van der Waals surface area contributed by atoms with Crippen molar-refractivity contribution in [3.05, 3.63) is 29.8 Å². The highest BCUT2D eigenvalue weighted by Gasteiger charge is 2.37. The first kappa shape index (κ1) is 12.9. The van der Waals surface area contributed by atoms with Gasteiger partial charge in [0.25, 0.3) is 0 Å². The van der Waals surface area contributed by atoms with E-state index in [1.807, 2.05) is 43.0 Å². The lowest BCUT2D eigenvalue weighted by Crippen LogP contribution is -2.44. The minimum absolute atomic E-state index is 0.220. The van der Waals surface area contributed by atoms with Crippen molar-refractivity contribution in [2.24, 2.45) is 0 Å². The summed E-state index contributed by atoms with van der Waals surface area (Å²) in [5.74, 6) is 0.220. The molecule has 1 aromatic rings. The molecule has 2 N–H and O–H groups in total. The molecule has 3 nitrogen and oxygen atoms in total. The summed E-state index contributed by atoms with van der Waals surface area (Å²) in [6.07, 6.45) is 2.23. The summed E-state index contributed by atoms with van der Waals surface area (Å²) in [4.78, 5) is 14.7. The number of benzene rings is 1. The molecule has 0 aromatic heterocycles. The lowest BCUT2D eigenvalue weighted by molar-refractivity contribution is -0.136. The number of anilines is 1. The van der Waals surface area contributed by atoms with E-state index in [-0.39, 0.29) is 5.91 Å². The number of carbonyl (C=O) groups excluding carboxylic acids is 1. The van der Waals surface area contributed by atoms with Gasteiger partial charge < -0.3 is 10.6 Å². The van der Waals surface area contributed by atoms with Crippen LogP contribution in [0.3, 0.4) is 0 Å². The van der Waals surface area contributed by atoms with Crippen LogP contribution < -0.4 is 5.73 Å². The number of nitrogen functional groups attached to an aromatic ring is 1. The second-order valence-corrected chi connectivity index (χ2v) is 5.74. The largest absolute Gasteiger partial charge is 0.399 e. The first-order valence-corrected chi connectivity index (χ1v) is 6.60. The number of amides is 1. The summed E-state index contributed by atoms with van der Waals surface area (Å²) in [5.41, 5.74) is 6.98. The fourth-order valence-corrected chi connectivity index (χ4v) is 2.62. The summed E-state index contributed by atoms with van der Waals surface area (Å²) < 4.78 is 0. The van der Waals surface area contributed by atoms with Crippen molar-refractivity contribution in [2.75, 3.05) is 12.3 Å². The molecular weight excluding hydrogens is 224 g/mol. The molecule has 1 unspecified atom stereocenters. The smallest absolute Gasteiger partial charge is 0.232 e. The van der Waals surface area contributed by atoms with E-state index in [4.69, 9.17) is 5.73 Å². The molecule has 1 atom stereocenters. The van der Waals surface area contributed by atoms with Crippen LogP contribution in [-0.2, 0) is 10.2 Å². The van der Waals surface area contributed by atoms with E-state index < -0.39 is 5.41 Å². The fourth-order valence-electron chi connectivity index (χ4n) is 2.62. The molecule has 2 rings (SSSR count). The number of nitrogens with zero attached hydrogens (tertiary/aromatic N) is 1. The summed E-state index contributed by atoms with van der Waals surface area (Å²) in [6.45, 7) is 7.00. The highest BCUT2D eigenvalue weighted by molar-refractivity contribution is 5.88. The third-order valence-electron chi connectivity index (χ3n) is 3.98. The minimum Gasteiger partial charge on any atom is -0.399 e. The molecule has 1 amide bonds. The summed E-state index contributed by atoms with van der Waals surface area (Å²) >= 11 is 0. The molecule has 1 aliphatic heterocycles. The van der Waals surface area contributed by atoms with Gasteiger partial charge in [0.2, 0.25) is 5.91 Å². The van der Waals surface area contributed by atoms with Crippen LogP contribution in [-0.4, -0.2) is 23.4 Å². The van der Waals surface area contributed by atoms with E-state index >= 15 is 0 Å². The van der Waals surface area contributed by atoms with Crippen molar-refractivity contribution < 1.29 is 4.79 Å². The van der Waals surface area contributed by atoms with Gasteiger partial charge in [-0.05, 0) is 51.3 Å². The van der Waals surface area contributed by atoms with Crippen molar-refractivity contribution in [1.29, 1.82) is 0 Å². The number of carbonyl (C=O) groups is 1. The predicted molar refractivity (Wildman–Crippen MR) is 74.3 cm³/mol.